The molecule has 0 atom stereocenters. The van der Waals surface area contributed by atoms with Crippen LogP contribution in [0.1, 0.15) is 200 Å². The fraction of sp³-hybridized carbons (Fsp3) is 0.346. The molecule has 0 fully saturated rings. The van der Waals surface area contributed by atoms with Gasteiger partial charge in [0, 0.05) is 48.6 Å². The Morgan fingerprint density at radius 2 is 0.720 bits per heavy atom. The van der Waals surface area contributed by atoms with E-state index in [0.717, 1.165) is 60.3 Å². The van der Waals surface area contributed by atoms with E-state index in [0.29, 0.717) is 0 Å². The van der Waals surface area contributed by atoms with E-state index in [1.165, 1.54) is 182 Å². The molecule has 0 saturated heterocycles. The topological polar surface area (TPSA) is 20.3 Å². The van der Waals surface area contributed by atoms with Crippen molar-refractivity contribution in [1.82, 2.24) is 0 Å². The van der Waals surface area contributed by atoms with Gasteiger partial charge in [0.2, 0.25) is 0 Å². The third kappa shape index (κ3) is 9.58. The molecule has 12 rings (SSSR count). The quantitative estimate of drug-likeness (QED) is 0.0532. The smallest absolute Gasteiger partial charge is 0.160 e. The summed E-state index contributed by atoms with van der Waals surface area (Å²) in [6.07, 6.45) is 22.2. The van der Waals surface area contributed by atoms with Crippen LogP contribution in [-0.2, 0) is 16.2 Å². The molecular weight excluding hydrogens is 1030 g/mol. The molecule has 0 radical (unpaired) electrons. The van der Waals surface area contributed by atoms with Gasteiger partial charge in [-0.1, -0.05) is 228 Å². The Hall–Kier alpha value is -6.59. The van der Waals surface area contributed by atoms with Crippen LogP contribution in [0.25, 0.3) is 64.7 Å². The maximum Gasteiger partial charge on any atom is 0.160 e. The fourth-order valence-corrected chi connectivity index (χ4v) is 17.5. The average Bonchev–Trinajstić information content (AvgIpc) is 2.77. The maximum absolute atomic E-state index is 12.3. The lowest BCUT2D eigenvalue weighted by Crippen LogP contribution is -2.26. The lowest BCUT2D eigenvalue weighted by molar-refractivity contribution is 0.112. The molecule has 0 bridgehead atoms. The number of anilines is 3. The highest BCUT2D eigenvalue weighted by Crippen LogP contribution is 2.60. The van der Waals surface area contributed by atoms with Crippen LogP contribution in [0.3, 0.4) is 0 Å². The first-order chi connectivity index (χ1) is 40.3. The number of carbonyl (C=O) groups is 1. The van der Waals surface area contributed by atoms with Crippen molar-refractivity contribution in [3.63, 3.8) is 0 Å². The van der Waals surface area contributed by atoms with Gasteiger partial charge in [0.25, 0.3) is 0 Å². The Morgan fingerprint density at radius 1 is 0.341 bits per heavy atom. The zero-order chi connectivity index (χ0) is 56.4. The van der Waals surface area contributed by atoms with Gasteiger partial charge in [0.15, 0.2) is 6.29 Å². The highest BCUT2D eigenvalue weighted by Gasteiger charge is 2.45. The van der Waals surface area contributed by atoms with Crippen molar-refractivity contribution in [1.29, 1.82) is 0 Å². The van der Waals surface area contributed by atoms with Crippen molar-refractivity contribution < 1.29 is 4.79 Å². The molecule has 9 aromatic rings. The normalized spacial score (nSPS) is 14.5. The molecule has 7 aromatic carbocycles. The number of rotatable bonds is 25. The molecule has 2 nitrogen and oxygen atoms in total. The number of unbranched alkanes of at least 4 members (excludes halogenated alkanes) is 6. The summed E-state index contributed by atoms with van der Waals surface area (Å²) in [5.41, 5.74) is 24.7. The zero-order valence-corrected chi connectivity index (χ0v) is 51.3. The number of thiophene rings is 2. The first kappa shape index (κ1) is 55.9. The number of fused-ring (bicyclic) bond motifs is 9. The summed E-state index contributed by atoms with van der Waals surface area (Å²) in [4.78, 5) is 19.2. The molecule has 2 aromatic heterocycles. The van der Waals surface area contributed by atoms with Crippen molar-refractivity contribution >= 4 is 46.0 Å². The summed E-state index contributed by atoms with van der Waals surface area (Å²) >= 11 is 3.46. The van der Waals surface area contributed by atoms with E-state index in [-0.39, 0.29) is 16.2 Å². The highest BCUT2D eigenvalue weighted by atomic mass is 32.1. The van der Waals surface area contributed by atoms with E-state index in [1.807, 2.05) is 17.4 Å². The molecule has 82 heavy (non-hydrogen) atoms. The van der Waals surface area contributed by atoms with Crippen LogP contribution in [0.5, 0.6) is 0 Å². The van der Waals surface area contributed by atoms with Gasteiger partial charge in [-0.3, -0.25) is 4.79 Å². The summed E-state index contributed by atoms with van der Waals surface area (Å²) in [5.74, 6) is 0. The minimum Gasteiger partial charge on any atom is -0.310 e. The molecule has 0 unspecified atom stereocenters. The maximum atomic E-state index is 12.3. The van der Waals surface area contributed by atoms with E-state index >= 15 is 0 Å². The van der Waals surface area contributed by atoms with Crippen LogP contribution in [0.4, 0.5) is 17.1 Å². The molecule has 2 heterocycles. The fourth-order valence-electron chi connectivity index (χ4n) is 15.3. The largest absolute Gasteiger partial charge is 0.310 e. The number of carbonyl (C=O) groups excluding carboxylic acids is 1. The van der Waals surface area contributed by atoms with Gasteiger partial charge in [-0.15, -0.1) is 22.7 Å². The molecule has 0 aliphatic heterocycles. The molecule has 3 aliphatic carbocycles. The molecule has 418 valence electrons. The molecule has 4 heteroatoms. The number of benzene rings is 7. The Morgan fingerprint density at radius 3 is 1.13 bits per heavy atom. The van der Waals surface area contributed by atoms with Crippen molar-refractivity contribution in [3.8, 4) is 64.7 Å². The van der Waals surface area contributed by atoms with Crippen LogP contribution in [0.15, 0.2) is 170 Å². The van der Waals surface area contributed by atoms with Gasteiger partial charge < -0.3 is 4.90 Å². The van der Waals surface area contributed by atoms with Gasteiger partial charge in [0.05, 0.1) is 9.75 Å². The van der Waals surface area contributed by atoms with Crippen molar-refractivity contribution in [2.45, 2.75) is 173 Å². The van der Waals surface area contributed by atoms with E-state index < -0.39 is 0 Å². The third-order valence-corrected chi connectivity index (χ3v) is 21.8. The van der Waals surface area contributed by atoms with Crippen LogP contribution in [0.2, 0.25) is 0 Å². The zero-order valence-electron chi connectivity index (χ0n) is 49.6. The van der Waals surface area contributed by atoms with Crippen LogP contribution in [-0.4, -0.2) is 6.29 Å². The van der Waals surface area contributed by atoms with E-state index in [2.05, 4.69) is 210 Å². The van der Waals surface area contributed by atoms with E-state index in [9.17, 15) is 4.79 Å². The van der Waals surface area contributed by atoms with Gasteiger partial charge in [0.1, 0.15) is 0 Å². The standard InChI is InChI=1S/C78H83NOS2/c1-7-13-43-76(44-14-8-2)67-28-22-19-25-60(67)63-39-33-55(49-70(63)76)66-52-74(82-75(66)73-42-38-59(53-80)81-73)54-31-34-56(35-32-54)79(57-36-40-64-61-26-20-23-29-68(61)77(45-15-9-3,46-16-10-4)71(64)50-57)58-37-41-65-62-27-21-24-30-69(62)78(47-17-11-5,48-18-12-6)72(65)51-58/h19-42,49-53H,7-18,43-48H2,1-6H3. The SMILES string of the molecule is CCCCC1(CCCC)c2ccccc2-c2ccc(-c3cc(-c4ccc(N(c5ccc6c(c5)C(CCCC)(CCCC)c5ccccc5-6)c5ccc6c(c5)C(CCCC)(CCCC)c5ccccc5-6)cc4)sc3-c3ccc(C=O)s3)cc21. The summed E-state index contributed by atoms with van der Waals surface area (Å²) in [6, 6.07) is 66.4. The molecule has 3 aliphatic rings. The first-order valence-corrected chi connectivity index (χ1v) is 33.3. The Bertz CT molecular complexity index is 3590. The number of nitrogens with zero attached hydrogens (tertiary/aromatic N) is 1. The number of hydrogen-bond donors (Lipinski definition) is 0. The lowest BCUT2D eigenvalue weighted by atomic mass is 9.70. The van der Waals surface area contributed by atoms with Crippen LogP contribution >= 0.6 is 22.7 Å². The van der Waals surface area contributed by atoms with Crippen LogP contribution < -0.4 is 4.90 Å². The molecular formula is C78H83NOS2. The van der Waals surface area contributed by atoms with Gasteiger partial charge in [-0.2, -0.15) is 0 Å². The van der Waals surface area contributed by atoms with Crippen molar-refractivity contribution in [2.24, 2.45) is 0 Å². The molecule has 0 saturated carbocycles. The summed E-state index contributed by atoms with van der Waals surface area (Å²) < 4.78 is 0. The number of hydrogen-bond acceptors (Lipinski definition) is 4. The van der Waals surface area contributed by atoms with Crippen LogP contribution in [0, 0.1) is 0 Å². The van der Waals surface area contributed by atoms with Gasteiger partial charge in [-0.05, 0) is 177 Å². The van der Waals surface area contributed by atoms with E-state index in [1.54, 1.807) is 11.3 Å². The Kier molecular flexibility index (Phi) is 16.3. The predicted octanol–water partition coefficient (Wildman–Crippen LogP) is 24.0. The molecule has 0 amide bonds. The second-order valence-corrected chi connectivity index (χ2v) is 26.4. The number of aldehydes is 1. The third-order valence-electron chi connectivity index (χ3n) is 19.4. The summed E-state index contributed by atoms with van der Waals surface area (Å²) in [6.45, 7) is 14.1. The molecule has 0 spiro atoms. The predicted molar refractivity (Wildman–Crippen MR) is 354 cm³/mol. The monoisotopic (exact) mass is 1110 g/mol. The van der Waals surface area contributed by atoms with Gasteiger partial charge >= 0.3 is 0 Å². The second-order valence-electron chi connectivity index (χ2n) is 24.3. The molecule has 0 N–H and O–H groups in total. The minimum absolute atomic E-state index is 0.00700. The van der Waals surface area contributed by atoms with Gasteiger partial charge in [-0.25, -0.2) is 0 Å². The minimum atomic E-state index is -0.0303. The van der Waals surface area contributed by atoms with E-state index in [4.69, 9.17) is 0 Å². The highest BCUT2D eigenvalue weighted by molar-refractivity contribution is 7.25. The first-order valence-electron chi connectivity index (χ1n) is 31.6. The van der Waals surface area contributed by atoms with Crippen molar-refractivity contribution in [3.05, 3.63) is 208 Å². The summed E-state index contributed by atoms with van der Waals surface area (Å²) in [7, 11) is 0. The summed E-state index contributed by atoms with van der Waals surface area (Å²) in [5, 5.41) is 0. The lowest BCUT2D eigenvalue weighted by Gasteiger charge is -2.35. The second kappa shape index (κ2) is 23.9. The Balaban J connectivity index is 1.01. The average molecular weight is 1110 g/mol. The Labute approximate surface area is 498 Å². The van der Waals surface area contributed by atoms with Crippen molar-refractivity contribution in [2.75, 3.05) is 4.90 Å².